The first kappa shape index (κ1) is 17.9. The fourth-order valence-corrected chi connectivity index (χ4v) is 3.83. The molecule has 1 aromatic heterocycles. The van der Waals surface area contributed by atoms with Crippen LogP contribution in [-0.4, -0.2) is 40.6 Å². The van der Waals surface area contributed by atoms with Gasteiger partial charge in [-0.3, -0.25) is 4.79 Å². The molecule has 1 amide bonds. The molecule has 0 saturated carbocycles. The molecule has 1 atom stereocenters. The van der Waals surface area contributed by atoms with Gasteiger partial charge in [0.25, 0.3) is 0 Å². The van der Waals surface area contributed by atoms with Gasteiger partial charge in [0, 0.05) is 32.5 Å². The second-order valence-corrected chi connectivity index (χ2v) is 7.33. The maximum Gasteiger partial charge on any atom is 0.223 e. The van der Waals surface area contributed by atoms with Gasteiger partial charge in [-0.15, -0.1) is 0 Å². The number of hydrogen-bond donors (Lipinski definition) is 0. The van der Waals surface area contributed by atoms with Crippen molar-refractivity contribution >= 4 is 28.5 Å². The molecule has 4 rings (SSSR count). The first-order valence-electron chi connectivity index (χ1n) is 9.20. The van der Waals surface area contributed by atoms with E-state index >= 15 is 0 Å². The Balaban J connectivity index is 1.51. The molecule has 3 aromatic rings. The van der Waals surface area contributed by atoms with Crippen molar-refractivity contribution in [3.05, 3.63) is 59.4 Å². The number of imidazole rings is 1. The number of aryl methyl sites for hydroxylation is 1. The van der Waals surface area contributed by atoms with Gasteiger partial charge in [0.2, 0.25) is 5.91 Å². The number of carbonyl (C=O) groups is 1. The monoisotopic (exact) mass is 383 g/mol. The van der Waals surface area contributed by atoms with E-state index in [1.807, 2.05) is 49.5 Å². The van der Waals surface area contributed by atoms with E-state index in [4.69, 9.17) is 21.3 Å². The van der Waals surface area contributed by atoms with Crippen LogP contribution in [0.3, 0.4) is 0 Å². The van der Waals surface area contributed by atoms with Crippen molar-refractivity contribution in [1.29, 1.82) is 0 Å². The summed E-state index contributed by atoms with van der Waals surface area (Å²) in [5.41, 5.74) is 2.08. The lowest BCUT2D eigenvalue weighted by Gasteiger charge is -2.14. The van der Waals surface area contributed by atoms with Crippen LogP contribution >= 0.6 is 11.6 Å². The number of halogens is 1. The number of ether oxygens (including phenoxy) is 1. The number of carbonyl (C=O) groups excluding carboxylic acids is 1. The van der Waals surface area contributed by atoms with Crippen molar-refractivity contribution in [2.24, 2.45) is 0 Å². The van der Waals surface area contributed by atoms with E-state index in [1.165, 1.54) is 0 Å². The van der Waals surface area contributed by atoms with Crippen LogP contribution in [-0.2, 0) is 11.3 Å². The van der Waals surface area contributed by atoms with Gasteiger partial charge in [-0.2, -0.15) is 0 Å². The van der Waals surface area contributed by atoms with Gasteiger partial charge < -0.3 is 14.2 Å². The average molecular weight is 384 g/mol. The number of aromatic nitrogens is 2. The van der Waals surface area contributed by atoms with Crippen molar-refractivity contribution in [3.8, 4) is 5.75 Å². The van der Waals surface area contributed by atoms with E-state index in [9.17, 15) is 4.79 Å². The Morgan fingerprint density at radius 2 is 1.96 bits per heavy atom. The molecule has 1 aliphatic heterocycles. The minimum absolute atomic E-state index is 0.138. The summed E-state index contributed by atoms with van der Waals surface area (Å²) in [6.45, 7) is 2.08. The van der Waals surface area contributed by atoms with E-state index in [2.05, 4.69) is 10.6 Å². The van der Waals surface area contributed by atoms with E-state index in [-0.39, 0.29) is 11.8 Å². The lowest BCUT2D eigenvalue weighted by Crippen LogP contribution is -2.19. The van der Waals surface area contributed by atoms with Crippen LogP contribution in [0.1, 0.15) is 24.6 Å². The number of amides is 1. The Hall–Kier alpha value is -2.53. The summed E-state index contributed by atoms with van der Waals surface area (Å²) in [6.07, 6.45) is 1.35. The Bertz CT molecular complexity index is 969. The van der Waals surface area contributed by atoms with Crippen molar-refractivity contribution in [1.82, 2.24) is 14.5 Å². The quantitative estimate of drug-likeness (QED) is 0.602. The summed E-state index contributed by atoms with van der Waals surface area (Å²) in [6, 6.07) is 15.6. The molecule has 0 radical (unpaired) electrons. The van der Waals surface area contributed by atoms with E-state index in [0.717, 1.165) is 36.4 Å². The van der Waals surface area contributed by atoms with Crippen LogP contribution in [0.2, 0.25) is 5.02 Å². The number of nitrogens with zero attached hydrogens (tertiary/aromatic N) is 3. The second-order valence-electron chi connectivity index (χ2n) is 6.92. The molecule has 27 heavy (non-hydrogen) atoms. The molecule has 2 aromatic carbocycles. The number of para-hydroxylation sites is 3. The highest BCUT2D eigenvalue weighted by Crippen LogP contribution is 2.30. The van der Waals surface area contributed by atoms with Gasteiger partial charge in [-0.05, 0) is 30.7 Å². The van der Waals surface area contributed by atoms with Crippen LogP contribution in [0.25, 0.3) is 11.0 Å². The molecule has 1 aliphatic rings. The maximum atomic E-state index is 12.0. The number of likely N-dealkylation sites (N-methyl/N-ethyl adjacent to an activating group) is 1. The smallest absolute Gasteiger partial charge is 0.223 e. The fraction of sp³-hybridized carbons (Fsp3) is 0.333. The van der Waals surface area contributed by atoms with Gasteiger partial charge >= 0.3 is 0 Å². The highest BCUT2D eigenvalue weighted by Gasteiger charge is 2.31. The van der Waals surface area contributed by atoms with Gasteiger partial charge in [0.05, 0.1) is 22.7 Å². The largest absolute Gasteiger partial charge is 0.492 e. The number of likely N-dealkylation sites (tertiary alicyclic amines) is 1. The first-order chi connectivity index (χ1) is 13.1. The van der Waals surface area contributed by atoms with Crippen molar-refractivity contribution in [2.75, 3.05) is 20.2 Å². The number of benzene rings is 2. The van der Waals surface area contributed by atoms with Gasteiger partial charge in [0.15, 0.2) is 0 Å². The molecule has 140 valence electrons. The summed E-state index contributed by atoms with van der Waals surface area (Å²) in [5, 5.41) is 0.624. The van der Waals surface area contributed by atoms with Crippen molar-refractivity contribution in [2.45, 2.75) is 25.3 Å². The summed E-state index contributed by atoms with van der Waals surface area (Å²) < 4.78 is 8.06. The Morgan fingerprint density at radius 1 is 1.19 bits per heavy atom. The zero-order valence-electron chi connectivity index (χ0n) is 15.3. The predicted molar refractivity (Wildman–Crippen MR) is 106 cm³/mol. The maximum absolute atomic E-state index is 12.0. The van der Waals surface area contributed by atoms with Gasteiger partial charge in [-0.25, -0.2) is 4.98 Å². The Morgan fingerprint density at radius 3 is 2.74 bits per heavy atom. The molecule has 5 nitrogen and oxygen atoms in total. The Kier molecular flexibility index (Phi) is 5.03. The molecule has 0 N–H and O–H groups in total. The van der Waals surface area contributed by atoms with Crippen molar-refractivity contribution < 1.29 is 9.53 Å². The predicted octanol–water partition coefficient (Wildman–Crippen LogP) is 4.10. The zero-order chi connectivity index (χ0) is 18.8. The average Bonchev–Trinajstić information content (AvgIpc) is 3.20. The number of rotatable bonds is 6. The minimum Gasteiger partial charge on any atom is -0.492 e. The summed E-state index contributed by atoms with van der Waals surface area (Å²) in [5.74, 6) is 2.02. The van der Waals surface area contributed by atoms with Crippen LogP contribution in [0.15, 0.2) is 48.5 Å². The summed E-state index contributed by atoms with van der Waals surface area (Å²) in [7, 11) is 1.85. The molecular weight excluding hydrogens is 362 g/mol. The molecule has 0 aliphatic carbocycles. The highest BCUT2D eigenvalue weighted by molar-refractivity contribution is 6.32. The van der Waals surface area contributed by atoms with E-state index < -0.39 is 0 Å². The third-order valence-electron chi connectivity index (χ3n) is 5.01. The van der Waals surface area contributed by atoms with Gasteiger partial charge in [0.1, 0.15) is 11.6 Å². The molecule has 1 unspecified atom stereocenters. The fourth-order valence-electron chi connectivity index (χ4n) is 3.64. The minimum atomic E-state index is 0.138. The standard InChI is InChI=1S/C21H22ClN3O2/c1-24-14-15(13-20(24)26)21-23-17-8-3-4-9-18(17)25(21)11-6-12-27-19-10-5-2-7-16(19)22/h2-5,7-10,15H,6,11-14H2,1H3. The molecule has 1 fully saturated rings. The molecule has 6 heteroatoms. The highest BCUT2D eigenvalue weighted by atomic mass is 35.5. The summed E-state index contributed by atoms with van der Waals surface area (Å²) >= 11 is 6.14. The number of fused-ring (bicyclic) bond motifs is 1. The Labute approximate surface area is 163 Å². The van der Waals surface area contributed by atoms with Crippen molar-refractivity contribution in [3.63, 3.8) is 0 Å². The third kappa shape index (κ3) is 3.65. The normalized spacial score (nSPS) is 17.0. The van der Waals surface area contributed by atoms with Crippen LogP contribution < -0.4 is 4.74 Å². The van der Waals surface area contributed by atoms with Gasteiger partial charge in [-0.1, -0.05) is 35.9 Å². The zero-order valence-corrected chi connectivity index (χ0v) is 16.0. The second kappa shape index (κ2) is 7.61. The topological polar surface area (TPSA) is 47.4 Å². The molecule has 0 bridgehead atoms. The third-order valence-corrected chi connectivity index (χ3v) is 5.32. The lowest BCUT2D eigenvalue weighted by atomic mass is 10.1. The SMILES string of the molecule is CN1CC(c2nc3ccccc3n2CCCOc2ccccc2Cl)CC1=O. The van der Waals surface area contributed by atoms with Crippen LogP contribution in [0.4, 0.5) is 0 Å². The number of hydrogen-bond acceptors (Lipinski definition) is 3. The molecule has 0 spiro atoms. The molecule has 2 heterocycles. The first-order valence-corrected chi connectivity index (χ1v) is 9.57. The summed E-state index contributed by atoms with van der Waals surface area (Å²) in [4.78, 5) is 18.6. The molecular formula is C21H22ClN3O2. The van der Waals surface area contributed by atoms with Crippen LogP contribution in [0.5, 0.6) is 5.75 Å². The molecule has 1 saturated heterocycles. The lowest BCUT2D eigenvalue weighted by molar-refractivity contribution is -0.126. The van der Waals surface area contributed by atoms with Crippen LogP contribution in [0, 0.1) is 0 Å². The van der Waals surface area contributed by atoms with E-state index in [1.54, 1.807) is 4.90 Å². The van der Waals surface area contributed by atoms with E-state index in [0.29, 0.717) is 23.8 Å².